The molecule has 0 bridgehead atoms. The van der Waals surface area contributed by atoms with Crippen molar-refractivity contribution in [3.05, 3.63) is 11.9 Å². The fourth-order valence-electron chi connectivity index (χ4n) is 1.89. The number of anilines is 1. The van der Waals surface area contributed by atoms with Gasteiger partial charge in [0, 0.05) is 32.5 Å². The summed E-state index contributed by atoms with van der Waals surface area (Å²) in [6.07, 6.45) is 2.14. The maximum Gasteiger partial charge on any atom is 0.227 e. The molecule has 1 N–H and O–H groups in total. The van der Waals surface area contributed by atoms with Crippen LogP contribution in [-0.4, -0.2) is 33.9 Å². The van der Waals surface area contributed by atoms with E-state index in [1.54, 1.807) is 15.8 Å². The molecule has 1 aliphatic heterocycles. The smallest absolute Gasteiger partial charge is 0.227 e. The number of hydrogen-bond acceptors (Lipinski definition) is 3. The Hall–Kier alpha value is -1.36. The predicted molar refractivity (Wildman–Crippen MR) is 55.5 cm³/mol. The summed E-state index contributed by atoms with van der Waals surface area (Å²) in [6, 6.07) is 0. The van der Waals surface area contributed by atoms with Gasteiger partial charge in [-0.2, -0.15) is 5.10 Å². The monoisotopic (exact) mass is 209 g/mol. The highest BCUT2D eigenvalue weighted by Crippen LogP contribution is 2.26. The lowest BCUT2D eigenvalue weighted by molar-refractivity contribution is -0.117. The Morgan fingerprint density at radius 3 is 2.87 bits per heavy atom. The second kappa shape index (κ2) is 3.66. The third-order valence-corrected chi connectivity index (χ3v) is 2.96. The molecule has 1 saturated heterocycles. The highest BCUT2D eigenvalue weighted by molar-refractivity contribution is 5.96. The SMILES string of the molecule is Cc1c(N2CC(CO)CC2=O)cnn1C. The largest absolute Gasteiger partial charge is 0.396 e. The van der Waals surface area contributed by atoms with Gasteiger partial charge in [0.25, 0.3) is 0 Å². The van der Waals surface area contributed by atoms with Crippen LogP contribution in [0.15, 0.2) is 6.20 Å². The van der Waals surface area contributed by atoms with Crippen molar-refractivity contribution in [2.75, 3.05) is 18.1 Å². The van der Waals surface area contributed by atoms with Gasteiger partial charge in [-0.1, -0.05) is 0 Å². The lowest BCUT2D eigenvalue weighted by atomic mass is 10.1. The quantitative estimate of drug-likeness (QED) is 0.750. The third kappa shape index (κ3) is 1.63. The number of nitrogens with zero attached hydrogens (tertiary/aromatic N) is 3. The second-order valence-corrected chi connectivity index (χ2v) is 4.00. The van der Waals surface area contributed by atoms with Crippen LogP contribution in [0.3, 0.4) is 0 Å². The number of carbonyl (C=O) groups is 1. The van der Waals surface area contributed by atoms with Crippen molar-refractivity contribution in [1.29, 1.82) is 0 Å². The van der Waals surface area contributed by atoms with Crippen LogP contribution < -0.4 is 4.90 Å². The molecule has 1 amide bonds. The first kappa shape index (κ1) is 10.2. The number of carbonyl (C=O) groups excluding carboxylic acids is 1. The van der Waals surface area contributed by atoms with Gasteiger partial charge in [-0.15, -0.1) is 0 Å². The van der Waals surface area contributed by atoms with Gasteiger partial charge in [0.15, 0.2) is 0 Å². The minimum atomic E-state index is 0.0668. The average Bonchev–Trinajstić information content (AvgIpc) is 2.73. The predicted octanol–water partition coefficient (Wildman–Crippen LogP) is 0.0737. The Balaban J connectivity index is 2.25. The van der Waals surface area contributed by atoms with Crippen LogP contribution in [0, 0.1) is 12.8 Å². The molecule has 0 aromatic carbocycles. The van der Waals surface area contributed by atoms with Gasteiger partial charge in [0.05, 0.1) is 17.6 Å². The first-order chi connectivity index (χ1) is 7.13. The highest BCUT2D eigenvalue weighted by Gasteiger charge is 2.31. The highest BCUT2D eigenvalue weighted by atomic mass is 16.3. The van der Waals surface area contributed by atoms with Gasteiger partial charge in [-0.25, -0.2) is 0 Å². The van der Waals surface area contributed by atoms with E-state index in [0.717, 1.165) is 11.4 Å². The second-order valence-electron chi connectivity index (χ2n) is 4.00. The molecule has 2 heterocycles. The van der Waals surface area contributed by atoms with Crippen molar-refractivity contribution >= 4 is 11.6 Å². The Kier molecular flexibility index (Phi) is 2.48. The van der Waals surface area contributed by atoms with E-state index in [1.807, 2.05) is 14.0 Å². The minimum absolute atomic E-state index is 0.0668. The molecule has 15 heavy (non-hydrogen) atoms. The zero-order chi connectivity index (χ0) is 11.0. The lowest BCUT2D eigenvalue weighted by Gasteiger charge is -2.15. The first-order valence-corrected chi connectivity index (χ1v) is 5.03. The maximum atomic E-state index is 11.7. The summed E-state index contributed by atoms with van der Waals surface area (Å²) in [5.74, 6) is 0.141. The molecular formula is C10H15N3O2. The van der Waals surface area contributed by atoms with E-state index in [4.69, 9.17) is 5.11 Å². The molecule has 1 aliphatic rings. The van der Waals surface area contributed by atoms with Crippen LogP contribution in [0.1, 0.15) is 12.1 Å². The van der Waals surface area contributed by atoms with Crippen molar-refractivity contribution in [1.82, 2.24) is 9.78 Å². The van der Waals surface area contributed by atoms with Crippen LogP contribution in [0.5, 0.6) is 0 Å². The summed E-state index contributed by atoms with van der Waals surface area (Å²) in [5.41, 5.74) is 1.83. The fraction of sp³-hybridized carbons (Fsp3) is 0.600. The van der Waals surface area contributed by atoms with Gasteiger partial charge in [-0.3, -0.25) is 9.48 Å². The van der Waals surface area contributed by atoms with Crippen molar-refractivity contribution in [2.24, 2.45) is 13.0 Å². The first-order valence-electron chi connectivity index (χ1n) is 5.03. The van der Waals surface area contributed by atoms with Crippen LogP contribution in [0.2, 0.25) is 0 Å². The normalized spacial score (nSPS) is 21.4. The zero-order valence-electron chi connectivity index (χ0n) is 8.97. The molecule has 2 rings (SSSR count). The summed E-state index contributed by atoms with van der Waals surface area (Å²) < 4.78 is 1.74. The molecule has 0 spiro atoms. The van der Waals surface area contributed by atoms with E-state index in [1.165, 1.54) is 0 Å². The summed E-state index contributed by atoms with van der Waals surface area (Å²) in [5, 5.41) is 13.1. The summed E-state index contributed by atoms with van der Waals surface area (Å²) in [7, 11) is 1.85. The zero-order valence-corrected chi connectivity index (χ0v) is 8.97. The molecule has 0 aliphatic carbocycles. The molecule has 5 nitrogen and oxygen atoms in total. The standard InChI is InChI=1S/C10H15N3O2/c1-7-9(4-11-12(7)2)13-5-8(6-14)3-10(13)15/h4,8,14H,3,5-6H2,1-2H3. The van der Waals surface area contributed by atoms with Crippen LogP contribution >= 0.6 is 0 Å². The number of aromatic nitrogens is 2. The van der Waals surface area contributed by atoms with Crippen molar-refractivity contribution in [3.63, 3.8) is 0 Å². The van der Waals surface area contributed by atoms with Gasteiger partial charge in [0.1, 0.15) is 0 Å². The average molecular weight is 209 g/mol. The summed E-state index contributed by atoms with van der Waals surface area (Å²) in [4.78, 5) is 13.4. The lowest BCUT2D eigenvalue weighted by Crippen LogP contribution is -2.25. The van der Waals surface area contributed by atoms with E-state index in [-0.39, 0.29) is 18.4 Å². The minimum Gasteiger partial charge on any atom is -0.396 e. The molecule has 1 aromatic rings. The van der Waals surface area contributed by atoms with Crippen molar-refractivity contribution in [3.8, 4) is 0 Å². The Labute approximate surface area is 88.3 Å². The van der Waals surface area contributed by atoms with Crippen molar-refractivity contribution in [2.45, 2.75) is 13.3 Å². The molecule has 0 radical (unpaired) electrons. The Morgan fingerprint density at radius 1 is 1.67 bits per heavy atom. The number of aliphatic hydroxyl groups is 1. The molecule has 1 aromatic heterocycles. The summed E-state index contributed by atoms with van der Waals surface area (Å²) in [6.45, 7) is 2.60. The maximum absolute atomic E-state index is 11.7. The van der Waals surface area contributed by atoms with Gasteiger partial charge >= 0.3 is 0 Å². The number of aryl methyl sites for hydroxylation is 1. The van der Waals surface area contributed by atoms with Crippen LogP contribution in [-0.2, 0) is 11.8 Å². The number of aliphatic hydroxyl groups excluding tert-OH is 1. The molecule has 0 saturated carbocycles. The van der Waals surface area contributed by atoms with Gasteiger partial charge in [-0.05, 0) is 6.92 Å². The van der Waals surface area contributed by atoms with E-state index < -0.39 is 0 Å². The Morgan fingerprint density at radius 2 is 2.40 bits per heavy atom. The van der Waals surface area contributed by atoms with E-state index in [9.17, 15) is 4.79 Å². The molecular weight excluding hydrogens is 194 g/mol. The third-order valence-electron chi connectivity index (χ3n) is 2.96. The topological polar surface area (TPSA) is 58.4 Å². The molecule has 82 valence electrons. The van der Waals surface area contributed by atoms with E-state index in [2.05, 4.69) is 5.10 Å². The van der Waals surface area contributed by atoms with Crippen LogP contribution in [0.4, 0.5) is 5.69 Å². The van der Waals surface area contributed by atoms with Crippen molar-refractivity contribution < 1.29 is 9.90 Å². The van der Waals surface area contributed by atoms with Crippen LogP contribution in [0.25, 0.3) is 0 Å². The van der Waals surface area contributed by atoms with E-state index >= 15 is 0 Å². The number of hydrogen-bond donors (Lipinski definition) is 1. The van der Waals surface area contributed by atoms with Gasteiger partial charge < -0.3 is 10.0 Å². The Bertz CT molecular complexity index is 386. The number of rotatable bonds is 2. The molecule has 5 heteroatoms. The molecule has 1 fully saturated rings. The molecule has 1 atom stereocenters. The van der Waals surface area contributed by atoms with Gasteiger partial charge in [0.2, 0.25) is 5.91 Å². The number of amides is 1. The van der Waals surface area contributed by atoms with E-state index in [0.29, 0.717) is 13.0 Å². The summed E-state index contributed by atoms with van der Waals surface area (Å²) >= 11 is 0. The molecule has 1 unspecified atom stereocenters. The fourth-order valence-corrected chi connectivity index (χ4v) is 1.89.